The van der Waals surface area contributed by atoms with E-state index in [0.29, 0.717) is 0 Å². The average Bonchev–Trinajstić information content (AvgIpc) is 3.66. The lowest BCUT2D eigenvalue weighted by molar-refractivity contribution is 0.669. The van der Waals surface area contributed by atoms with Gasteiger partial charge in [-0.05, 0) is 92.9 Å². The predicted molar refractivity (Wildman–Crippen MR) is 250 cm³/mol. The molecule has 58 heavy (non-hydrogen) atoms. The summed E-state index contributed by atoms with van der Waals surface area (Å²) in [5.41, 5.74) is 8.32. The highest BCUT2D eigenvalue weighted by atomic mass is 28.3. The zero-order chi connectivity index (χ0) is 39.2. The fourth-order valence-electron chi connectivity index (χ4n) is 8.28. The van der Waals surface area contributed by atoms with Crippen molar-refractivity contribution < 1.29 is 4.42 Å². The van der Waals surface area contributed by atoms with Gasteiger partial charge in [0.15, 0.2) is 8.07 Å². The molecule has 0 spiro atoms. The molecule has 0 N–H and O–H groups in total. The van der Waals surface area contributed by atoms with Crippen molar-refractivity contribution in [1.29, 1.82) is 0 Å². The lowest BCUT2D eigenvalue weighted by Gasteiger charge is -2.34. The fourth-order valence-corrected chi connectivity index (χ4v) is 13.0. The van der Waals surface area contributed by atoms with Crippen molar-refractivity contribution in [3.63, 3.8) is 0 Å². The van der Waals surface area contributed by atoms with Crippen LogP contribution in [0.1, 0.15) is 12.5 Å². The van der Waals surface area contributed by atoms with Gasteiger partial charge in [0, 0.05) is 33.9 Å². The van der Waals surface area contributed by atoms with E-state index in [-0.39, 0.29) is 0 Å². The zero-order valence-corrected chi connectivity index (χ0v) is 33.4. The number of rotatable bonds is 11. The van der Waals surface area contributed by atoms with Crippen LogP contribution < -0.4 is 25.6 Å². The highest BCUT2D eigenvalue weighted by Crippen LogP contribution is 2.37. The molecule has 0 aliphatic carbocycles. The molecule has 3 heteroatoms. The molecule has 1 heterocycles. The van der Waals surface area contributed by atoms with Crippen LogP contribution in [0.25, 0.3) is 39.1 Å². The highest BCUT2D eigenvalue weighted by Gasteiger charge is 2.41. The van der Waals surface area contributed by atoms with E-state index in [1.807, 2.05) is 6.07 Å². The van der Waals surface area contributed by atoms with Crippen LogP contribution in [0.15, 0.2) is 247 Å². The standard InChI is InChI=1S/C55H43NOSi/c1-2-19-45(56(46-23-10-4-11-24-46)47-35-39-53-52-38-34-44(43-21-8-3-9-22-43)40-54(52)57-55(53)41-47)25-18-20-42-32-36-51(37-33-42)58(48-26-12-5-13-27-48,49-28-14-6-15-29-49)50-30-16-7-17-31-50/h2-41H,1H3/b19-2-,20-18+,45-25+. The van der Waals surface area contributed by atoms with Gasteiger partial charge in [-0.3, -0.25) is 0 Å². The summed E-state index contributed by atoms with van der Waals surface area (Å²) < 4.78 is 6.56. The van der Waals surface area contributed by atoms with Gasteiger partial charge in [-0.25, -0.2) is 0 Å². The minimum absolute atomic E-state index is 0.857. The Balaban J connectivity index is 1.08. The average molecular weight is 762 g/mol. The van der Waals surface area contributed by atoms with Gasteiger partial charge < -0.3 is 9.32 Å². The summed E-state index contributed by atoms with van der Waals surface area (Å²) in [6.45, 7) is 2.06. The monoisotopic (exact) mass is 761 g/mol. The van der Waals surface area contributed by atoms with E-state index in [9.17, 15) is 0 Å². The van der Waals surface area contributed by atoms with E-state index in [2.05, 4.69) is 248 Å². The fraction of sp³-hybridized carbons (Fsp3) is 0.0182. The Hall–Kier alpha value is -7.20. The molecule has 9 aromatic rings. The van der Waals surface area contributed by atoms with Crippen molar-refractivity contribution in [1.82, 2.24) is 0 Å². The van der Waals surface area contributed by atoms with Gasteiger partial charge in [-0.1, -0.05) is 188 Å². The van der Waals surface area contributed by atoms with Crippen molar-refractivity contribution in [2.24, 2.45) is 0 Å². The normalized spacial score (nSPS) is 12.2. The lowest BCUT2D eigenvalue weighted by atomic mass is 10.0. The molecule has 2 nitrogen and oxygen atoms in total. The maximum Gasteiger partial charge on any atom is 0.179 e. The maximum absolute atomic E-state index is 6.56. The molecule has 278 valence electrons. The van der Waals surface area contributed by atoms with Gasteiger partial charge in [0.1, 0.15) is 11.2 Å². The summed E-state index contributed by atoms with van der Waals surface area (Å²) in [5.74, 6) is 0. The van der Waals surface area contributed by atoms with Gasteiger partial charge in [0.05, 0.1) is 0 Å². The largest absolute Gasteiger partial charge is 0.456 e. The van der Waals surface area contributed by atoms with Gasteiger partial charge in [0.25, 0.3) is 0 Å². The first-order valence-electron chi connectivity index (χ1n) is 19.9. The first-order valence-corrected chi connectivity index (χ1v) is 21.9. The number of para-hydroxylation sites is 1. The second-order valence-corrected chi connectivity index (χ2v) is 18.3. The van der Waals surface area contributed by atoms with E-state index in [1.165, 1.54) is 26.3 Å². The minimum Gasteiger partial charge on any atom is -0.456 e. The number of allylic oxidation sites excluding steroid dienone is 4. The second-order valence-electron chi connectivity index (χ2n) is 14.5. The topological polar surface area (TPSA) is 16.4 Å². The summed E-state index contributed by atoms with van der Waals surface area (Å²) in [6.07, 6.45) is 10.8. The molecule has 0 radical (unpaired) electrons. The van der Waals surface area contributed by atoms with E-state index in [4.69, 9.17) is 4.42 Å². The molecule has 0 atom stereocenters. The van der Waals surface area contributed by atoms with Crippen molar-refractivity contribution in [2.45, 2.75) is 6.92 Å². The summed E-state index contributed by atoms with van der Waals surface area (Å²) >= 11 is 0. The van der Waals surface area contributed by atoms with Crippen LogP contribution >= 0.6 is 0 Å². The van der Waals surface area contributed by atoms with Crippen LogP contribution in [0.4, 0.5) is 11.4 Å². The number of benzene rings is 8. The van der Waals surface area contributed by atoms with Crippen LogP contribution in [0.5, 0.6) is 0 Å². The number of hydrogen-bond donors (Lipinski definition) is 0. The predicted octanol–water partition coefficient (Wildman–Crippen LogP) is 11.9. The Morgan fingerprint density at radius 3 is 1.53 bits per heavy atom. The van der Waals surface area contributed by atoms with Crippen LogP contribution in [0.2, 0.25) is 0 Å². The Labute approximate surface area is 342 Å². The Morgan fingerprint density at radius 2 is 0.966 bits per heavy atom. The van der Waals surface area contributed by atoms with Gasteiger partial charge >= 0.3 is 0 Å². The summed E-state index contributed by atoms with van der Waals surface area (Å²) in [5, 5.41) is 7.67. The number of nitrogens with zero attached hydrogens (tertiary/aromatic N) is 1. The first-order chi connectivity index (χ1) is 28.7. The van der Waals surface area contributed by atoms with Crippen molar-refractivity contribution in [3.8, 4) is 11.1 Å². The van der Waals surface area contributed by atoms with Gasteiger partial charge in [-0.2, -0.15) is 0 Å². The van der Waals surface area contributed by atoms with Crippen molar-refractivity contribution in [3.05, 3.63) is 248 Å². The van der Waals surface area contributed by atoms with Gasteiger partial charge in [-0.15, -0.1) is 0 Å². The van der Waals surface area contributed by atoms with Gasteiger partial charge in [0.2, 0.25) is 0 Å². The number of fused-ring (bicyclic) bond motifs is 3. The summed E-state index contributed by atoms with van der Waals surface area (Å²) in [7, 11) is -2.58. The van der Waals surface area contributed by atoms with Crippen LogP contribution in [0, 0.1) is 0 Å². The smallest absolute Gasteiger partial charge is 0.179 e. The molecular formula is C55H43NOSi. The zero-order valence-electron chi connectivity index (χ0n) is 32.4. The molecule has 0 fully saturated rings. The maximum atomic E-state index is 6.56. The Kier molecular flexibility index (Phi) is 10.4. The Morgan fingerprint density at radius 1 is 0.466 bits per heavy atom. The summed E-state index contributed by atoms with van der Waals surface area (Å²) in [6, 6.07) is 76.4. The highest BCUT2D eigenvalue weighted by molar-refractivity contribution is 7.19. The van der Waals surface area contributed by atoms with Crippen molar-refractivity contribution in [2.75, 3.05) is 4.90 Å². The molecule has 1 aromatic heterocycles. The van der Waals surface area contributed by atoms with Crippen LogP contribution in [0.3, 0.4) is 0 Å². The molecule has 0 amide bonds. The number of anilines is 2. The lowest BCUT2D eigenvalue weighted by Crippen LogP contribution is -2.74. The molecule has 0 unspecified atom stereocenters. The van der Waals surface area contributed by atoms with Crippen LogP contribution in [-0.4, -0.2) is 8.07 Å². The molecule has 9 rings (SSSR count). The summed E-state index contributed by atoms with van der Waals surface area (Å²) in [4.78, 5) is 2.29. The number of furan rings is 1. The molecule has 0 aliphatic heterocycles. The molecule has 0 aliphatic rings. The Bertz CT molecular complexity index is 2760. The molecule has 8 aromatic carbocycles. The third kappa shape index (κ3) is 7.04. The SMILES string of the molecule is C\C=C/C(=C\C=C\c1ccc([Si](c2ccccc2)(c2ccccc2)c2ccccc2)cc1)N(c1ccccc1)c1ccc2c(c1)oc1cc(-c3ccccc3)ccc12. The van der Waals surface area contributed by atoms with Crippen LogP contribution in [-0.2, 0) is 0 Å². The number of hydrogen-bond acceptors (Lipinski definition) is 2. The van der Waals surface area contributed by atoms with E-state index in [1.54, 1.807) is 0 Å². The van der Waals surface area contributed by atoms with E-state index < -0.39 is 8.07 Å². The van der Waals surface area contributed by atoms with Crippen molar-refractivity contribution >= 4 is 68.2 Å². The molecule has 0 bridgehead atoms. The van der Waals surface area contributed by atoms with E-state index in [0.717, 1.165) is 50.1 Å². The third-order valence-corrected chi connectivity index (χ3v) is 15.7. The minimum atomic E-state index is -2.58. The first kappa shape index (κ1) is 36.4. The third-order valence-electron chi connectivity index (χ3n) is 11.0. The second kappa shape index (κ2) is 16.5. The molecule has 0 saturated carbocycles. The molecular weight excluding hydrogens is 719 g/mol. The van der Waals surface area contributed by atoms with E-state index >= 15 is 0 Å². The molecule has 0 saturated heterocycles. The quantitative estimate of drug-likeness (QED) is 0.0741.